The first-order valence-electron chi connectivity index (χ1n) is 6.11. The van der Waals surface area contributed by atoms with E-state index >= 15 is 0 Å². The molecule has 0 spiro atoms. The molecule has 0 bridgehead atoms. The molecule has 0 saturated heterocycles. The van der Waals surface area contributed by atoms with Gasteiger partial charge in [0.15, 0.2) is 0 Å². The molecule has 0 radical (unpaired) electrons. The molecule has 0 heteroatoms. The third kappa shape index (κ3) is 1.53. The summed E-state index contributed by atoms with van der Waals surface area (Å²) in [6.07, 6.45) is 8.25. The highest BCUT2D eigenvalue weighted by molar-refractivity contribution is 5.10. The molecule has 2 saturated carbocycles. The Morgan fingerprint density at radius 1 is 1.21 bits per heavy atom. The summed E-state index contributed by atoms with van der Waals surface area (Å²) in [7, 11) is 0. The molecule has 2 fully saturated rings. The second-order valence-electron chi connectivity index (χ2n) is 6.51. The van der Waals surface area contributed by atoms with E-state index in [0.717, 1.165) is 5.92 Å². The van der Waals surface area contributed by atoms with E-state index in [4.69, 9.17) is 0 Å². The number of fused-ring (bicyclic) bond motifs is 1. The van der Waals surface area contributed by atoms with E-state index in [2.05, 4.69) is 27.4 Å². The summed E-state index contributed by atoms with van der Waals surface area (Å²) in [5.41, 5.74) is 2.66. The summed E-state index contributed by atoms with van der Waals surface area (Å²) in [6.45, 7) is 11.7. The molecule has 2 unspecified atom stereocenters. The summed E-state index contributed by atoms with van der Waals surface area (Å²) < 4.78 is 0. The molecule has 0 nitrogen and oxygen atoms in total. The standard InChI is InChI=1S/C14H24/c1-11-6-7-12-13(2,3)8-5-9-14(12,4)10-11/h12H,1,5-10H2,2-4H3. The van der Waals surface area contributed by atoms with E-state index in [-0.39, 0.29) is 0 Å². The molecule has 14 heavy (non-hydrogen) atoms. The molecule has 2 rings (SSSR count). The topological polar surface area (TPSA) is 0 Å². The Balaban J connectivity index is 2.25. The van der Waals surface area contributed by atoms with Crippen LogP contribution in [0.3, 0.4) is 0 Å². The monoisotopic (exact) mass is 192 g/mol. The molecule has 2 aliphatic carbocycles. The van der Waals surface area contributed by atoms with Crippen LogP contribution >= 0.6 is 0 Å². The summed E-state index contributed by atoms with van der Waals surface area (Å²) in [5, 5.41) is 0. The predicted molar refractivity (Wildman–Crippen MR) is 62.2 cm³/mol. The van der Waals surface area contributed by atoms with Crippen LogP contribution in [0.4, 0.5) is 0 Å². The van der Waals surface area contributed by atoms with Crippen LogP contribution in [0.2, 0.25) is 0 Å². The van der Waals surface area contributed by atoms with Crippen LogP contribution in [0.5, 0.6) is 0 Å². The van der Waals surface area contributed by atoms with Crippen LogP contribution in [0.1, 0.15) is 59.3 Å². The first-order chi connectivity index (χ1) is 6.44. The van der Waals surface area contributed by atoms with Gasteiger partial charge in [-0.1, -0.05) is 39.3 Å². The number of hydrogen-bond donors (Lipinski definition) is 0. The second-order valence-corrected chi connectivity index (χ2v) is 6.51. The van der Waals surface area contributed by atoms with Gasteiger partial charge in [-0.05, 0) is 48.9 Å². The maximum absolute atomic E-state index is 4.20. The van der Waals surface area contributed by atoms with Gasteiger partial charge in [-0.2, -0.15) is 0 Å². The lowest BCUT2D eigenvalue weighted by atomic mass is 9.51. The Bertz CT molecular complexity index is 249. The maximum Gasteiger partial charge on any atom is -0.0255 e. The minimum Gasteiger partial charge on any atom is -0.0998 e. The van der Waals surface area contributed by atoms with Crippen molar-refractivity contribution in [3.63, 3.8) is 0 Å². The molecule has 0 aromatic rings. The van der Waals surface area contributed by atoms with E-state index < -0.39 is 0 Å². The Hall–Kier alpha value is -0.260. The lowest BCUT2D eigenvalue weighted by molar-refractivity contribution is -0.0168. The van der Waals surface area contributed by atoms with E-state index in [1.807, 2.05) is 0 Å². The lowest BCUT2D eigenvalue weighted by Gasteiger charge is -2.54. The van der Waals surface area contributed by atoms with Gasteiger partial charge in [0.25, 0.3) is 0 Å². The van der Waals surface area contributed by atoms with Gasteiger partial charge in [0, 0.05) is 0 Å². The van der Waals surface area contributed by atoms with Crippen molar-refractivity contribution in [2.75, 3.05) is 0 Å². The van der Waals surface area contributed by atoms with Gasteiger partial charge >= 0.3 is 0 Å². The summed E-state index contributed by atoms with van der Waals surface area (Å²) in [5.74, 6) is 0.939. The molecule has 2 atom stereocenters. The smallest absolute Gasteiger partial charge is 0.0255 e. The SMILES string of the molecule is C=C1CCC2C(C)(C)CCCC2(C)C1. The predicted octanol–water partition coefficient (Wildman–Crippen LogP) is 4.56. The minimum atomic E-state index is 0.577. The second kappa shape index (κ2) is 3.12. The molecule has 80 valence electrons. The highest BCUT2D eigenvalue weighted by atomic mass is 14.5. The van der Waals surface area contributed by atoms with E-state index in [9.17, 15) is 0 Å². The average molecular weight is 192 g/mol. The number of rotatable bonds is 0. The summed E-state index contributed by atoms with van der Waals surface area (Å²) in [4.78, 5) is 0. The molecular weight excluding hydrogens is 168 g/mol. The number of hydrogen-bond acceptors (Lipinski definition) is 0. The fourth-order valence-corrected chi connectivity index (χ4v) is 4.20. The van der Waals surface area contributed by atoms with Gasteiger partial charge in [0.2, 0.25) is 0 Å². The van der Waals surface area contributed by atoms with Crippen molar-refractivity contribution < 1.29 is 0 Å². The van der Waals surface area contributed by atoms with Crippen molar-refractivity contribution in [2.24, 2.45) is 16.7 Å². The van der Waals surface area contributed by atoms with E-state index in [1.165, 1.54) is 44.1 Å². The lowest BCUT2D eigenvalue weighted by Crippen LogP contribution is -2.44. The Morgan fingerprint density at radius 2 is 1.93 bits per heavy atom. The van der Waals surface area contributed by atoms with Crippen molar-refractivity contribution in [1.82, 2.24) is 0 Å². The molecular formula is C14H24. The first kappa shape index (κ1) is 10.3. The molecule has 0 aliphatic heterocycles. The van der Waals surface area contributed by atoms with Gasteiger partial charge in [-0.15, -0.1) is 0 Å². The van der Waals surface area contributed by atoms with Crippen molar-refractivity contribution in [1.29, 1.82) is 0 Å². The Morgan fingerprint density at radius 3 is 2.64 bits per heavy atom. The van der Waals surface area contributed by atoms with Crippen LogP contribution in [-0.4, -0.2) is 0 Å². The third-order valence-corrected chi connectivity index (χ3v) is 4.79. The van der Waals surface area contributed by atoms with Gasteiger partial charge in [0.1, 0.15) is 0 Å². The normalized spacial score (nSPS) is 41.9. The van der Waals surface area contributed by atoms with Gasteiger partial charge in [-0.3, -0.25) is 0 Å². The van der Waals surface area contributed by atoms with Gasteiger partial charge in [-0.25, -0.2) is 0 Å². The van der Waals surface area contributed by atoms with Crippen molar-refractivity contribution in [3.8, 4) is 0 Å². The van der Waals surface area contributed by atoms with Crippen molar-refractivity contribution in [2.45, 2.75) is 59.3 Å². The summed E-state index contributed by atoms with van der Waals surface area (Å²) in [6, 6.07) is 0. The highest BCUT2D eigenvalue weighted by Gasteiger charge is 2.47. The molecule has 0 amide bonds. The first-order valence-corrected chi connectivity index (χ1v) is 6.11. The highest BCUT2D eigenvalue weighted by Crippen LogP contribution is 2.58. The average Bonchev–Trinajstić information content (AvgIpc) is 2.00. The van der Waals surface area contributed by atoms with Crippen LogP contribution in [0.25, 0.3) is 0 Å². The van der Waals surface area contributed by atoms with Gasteiger partial charge in [0.05, 0.1) is 0 Å². The van der Waals surface area contributed by atoms with Crippen molar-refractivity contribution in [3.05, 3.63) is 12.2 Å². The van der Waals surface area contributed by atoms with Crippen LogP contribution in [0, 0.1) is 16.7 Å². The van der Waals surface area contributed by atoms with Crippen LogP contribution in [-0.2, 0) is 0 Å². The molecule has 2 aliphatic rings. The molecule has 0 aromatic carbocycles. The largest absolute Gasteiger partial charge is 0.0998 e. The Kier molecular flexibility index (Phi) is 2.28. The van der Waals surface area contributed by atoms with E-state index in [0.29, 0.717) is 10.8 Å². The zero-order valence-corrected chi connectivity index (χ0v) is 10.0. The quantitative estimate of drug-likeness (QED) is 0.494. The van der Waals surface area contributed by atoms with Gasteiger partial charge < -0.3 is 0 Å². The summed E-state index contributed by atoms with van der Waals surface area (Å²) >= 11 is 0. The van der Waals surface area contributed by atoms with Crippen LogP contribution < -0.4 is 0 Å². The zero-order valence-electron chi connectivity index (χ0n) is 10.0. The minimum absolute atomic E-state index is 0.577. The molecule has 0 aromatic heterocycles. The molecule has 0 heterocycles. The zero-order chi connectivity index (χ0) is 10.4. The third-order valence-electron chi connectivity index (χ3n) is 4.79. The Labute approximate surface area is 88.8 Å². The molecule has 0 N–H and O–H groups in total. The maximum atomic E-state index is 4.20. The van der Waals surface area contributed by atoms with E-state index in [1.54, 1.807) is 0 Å². The fourth-order valence-electron chi connectivity index (χ4n) is 4.20. The number of allylic oxidation sites excluding steroid dienone is 1. The van der Waals surface area contributed by atoms with Crippen LogP contribution in [0.15, 0.2) is 12.2 Å². The van der Waals surface area contributed by atoms with Crippen molar-refractivity contribution >= 4 is 0 Å². The fraction of sp³-hybridized carbons (Fsp3) is 0.857.